The number of amides is 2. The van der Waals surface area contributed by atoms with Crippen LogP contribution in [0, 0.1) is 0 Å². The molecule has 4 rings (SSSR count). The van der Waals surface area contributed by atoms with Gasteiger partial charge in [-0.2, -0.15) is 5.10 Å². The van der Waals surface area contributed by atoms with E-state index in [1.54, 1.807) is 27.8 Å². The standard InChI is InChI=1S/C18H22N10O3/c1-4-28-16-12(8-24-28)15(25-27-9-22-23-10-27)11(7-21-16)13-5-18(31-26-13,17(30)20-3)6-14(29)19-2/h5,7-10,26H,4,6H2,1-3H3,(H,19,29)(H,20,30)(H,21,25). The maximum atomic E-state index is 12.6. The highest BCUT2D eigenvalue weighted by atomic mass is 16.7. The summed E-state index contributed by atoms with van der Waals surface area (Å²) in [5.41, 5.74) is 6.91. The van der Waals surface area contributed by atoms with Gasteiger partial charge in [0.15, 0.2) is 5.65 Å². The third-order valence-electron chi connectivity index (χ3n) is 4.95. The van der Waals surface area contributed by atoms with Crippen molar-refractivity contribution in [3.05, 3.63) is 36.7 Å². The molecule has 13 nitrogen and oxygen atoms in total. The van der Waals surface area contributed by atoms with Crippen LogP contribution in [-0.4, -0.2) is 61.1 Å². The van der Waals surface area contributed by atoms with Crippen LogP contribution in [0.4, 0.5) is 5.69 Å². The van der Waals surface area contributed by atoms with Gasteiger partial charge in [-0.15, -0.1) is 10.2 Å². The molecule has 0 radical (unpaired) electrons. The molecule has 1 atom stereocenters. The molecule has 0 saturated carbocycles. The van der Waals surface area contributed by atoms with E-state index in [1.807, 2.05) is 6.92 Å². The van der Waals surface area contributed by atoms with Gasteiger partial charge in [0.05, 0.1) is 29.4 Å². The fraction of sp³-hybridized carbons (Fsp3) is 0.333. The fourth-order valence-corrected chi connectivity index (χ4v) is 3.36. The van der Waals surface area contributed by atoms with Crippen molar-refractivity contribution in [1.82, 2.24) is 45.8 Å². The predicted octanol–water partition coefficient (Wildman–Crippen LogP) is -0.585. The number of rotatable bonds is 7. The smallest absolute Gasteiger partial charge is 0.259 e. The molecule has 0 aliphatic carbocycles. The number of aryl methyl sites for hydroxylation is 1. The Hall–Kier alpha value is -4.00. The Morgan fingerprint density at radius 3 is 2.65 bits per heavy atom. The van der Waals surface area contributed by atoms with Gasteiger partial charge in [-0.3, -0.25) is 25.3 Å². The molecule has 3 aromatic heterocycles. The van der Waals surface area contributed by atoms with E-state index >= 15 is 0 Å². The highest BCUT2D eigenvalue weighted by Crippen LogP contribution is 2.35. The van der Waals surface area contributed by atoms with Crippen LogP contribution in [0.1, 0.15) is 18.9 Å². The SMILES string of the molecule is CCn1ncc2c(Nn3cnnc3)c(C3=CC(CC(=O)NC)(C(=O)NC)ON3)cnc21. The number of anilines is 1. The van der Waals surface area contributed by atoms with Crippen LogP contribution in [0.5, 0.6) is 0 Å². The van der Waals surface area contributed by atoms with Gasteiger partial charge in [0.2, 0.25) is 11.5 Å². The minimum Gasteiger partial charge on any atom is -0.359 e. The molecule has 1 aliphatic rings. The Balaban J connectivity index is 1.84. The number of hydrogen-bond acceptors (Lipinski definition) is 9. The van der Waals surface area contributed by atoms with Crippen molar-refractivity contribution in [2.24, 2.45) is 0 Å². The van der Waals surface area contributed by atoms with Crippen molar-refractivity contribution in [3.8, 4) is 0 Å². The Morgan fingerprint density at radius 1 is 1.19 bits per heavy atom. The van der Waals surface area contributed by atoms with Gasteiger partial charge in [0.1, 0.15) is 12.7 Å². The first kappa shape index (κ1) is 20.3. The monoisotopic (exact) mass is 426 g/mol. The van der Waals surface area contributed by atoms with E-state index < -0.39 is 11.5 Å². The minimum absolute atomic E-state index is 0.197. The number of pyridine rings is 1. The van der Waals surface area contributed by atoms with E-state index in [0.29, 0.717) is 29.1 Å². The molecule has 31 heavy (non-hydrogen) atoms. The Morgan fingerprint density at radius 2 is 1.97 bits per heavy atom. The Bertz CT molecular complexity index is 1150. The van der Waals surface area contributed by atoms with Gasteiger partial charge >= 0.3 is 0 Å². The Kier molecular flexibility index (Phi) is 5.25. The van der Waals surface area contributed by atoms with Crippen molar-refractivity contribution in [2.45, 2.75) is 25.5 Å². The molecule has 4 heterocycles. The van der Waals surface area contributed by atoms with E-state index in [2.05, 4.69) is 41.8 Å². The number of hydroxylamine groups is 1. The molecule has 1 aliphatic heterocycles. The highest BCUT2D eigenvalue weighted by Gasteiger charge is 2.44. The summed E-state index contributed by atoms with van der Waals surface area (Å²) in [5.74, 6) is -0.803. The third-order valence-corrected chi connectivity index (χ3v) is 4.95. The normalized spacial score (nSPS) is 17.8. The van der Waals surface area contributed by atoms with Crippen molar-refractivity contribution in [3.63, 3.8) is 0 Å². The number of carbonyl (C=O) groups excluding carboxylic acids is 2. The topological polar surface area (TPSA) is 153 Å². The maximum Gasteiger partial charge on any atom is 0.259 e. The lowest BCUT2D eigenvalue weighted by Crippen LogP contribution is -2.48. The first-order valence-corrected chi connectivity index (χ1v) is 9.57. The van der Waals surface area contributed by atoms with Gasteiger partial charge in [0.25, 0.3) is 5.91 Å². The number of nitrogens with zero attached hydrogens (tertiary/aromatic N) is 6. The summed E-state index contributed by atoms with van der Waals surface area (Å²) < 4.78 is 3.35. The summed E-state index contributed by atoms with van der Waals surface area (Å²) in [7, 11) is 2.98. The van der Waals surface area contributed by atoms with Gasteiger partial charge in [0, 0.05) is 32.4 Å². The minimum atomic E-state index is -1.51. The fourth-order valence-electron chi connectivity index (χ4n) is 3.36. The van der Waals surface area contributed by atoms with E-state index in [9.17, 15) is 9.59 Å². The molecular weight excluding hydrogens is 404 g/mol. The second-order valence-corrected chi connectivity index (χ2v) is 6.81. The molecule has 162 valence electrons. The van der Waals surface area contributed by atoms with Crippen LogP contribution in [0.25, 0.3) is 16.7 Å². The van der Waals surface area contributed by atoms with Crippen molar-refractivity contribution in [1.29, 1.82) is 0 Å². The third kappa shape index (κ3) is 3.54. The van der Waals surface area contributed by atoms with Crippen molar-refractivity contribution in [2.75, 3.05) is 19.5 Å². The number of nitrogens with one attached hydrogen (secondary N) is 4. The van der Waals surface area contributed by atoms with Gasteiger partial charge < -0.3 is 10.6 Å². The summed E-state index contributed by atoms with van der Waals surface area (Å²) >= 11 is 0. The second kappa shape index (κ2) is 8.02. The number of likely N-dealkylation sites (N-methyl/N-ethyl adjacent to an activating group) is 1. The number of carbonyl (C=O) groups is 2. The van der Waals surface area contributed by atoms with Gasteiger partial charge in [-0.1, -0.05) is 0 Å². The van der Waals surface area contributed by atoms with E-state index in [-0.39, 0.29) is 12.3 Å². The van der Waals surface area contributed by atoms with Crippen LogP contribution in [0.3, 0.4) is 0 Å². The zero-order valence-electron chi connectivity index (χ0n) is 17.2. The van der Waals surface area contributed by atoms with Crippen LogP contribution in [-0.2, 0) is 21.0 Å². The molecular formula is C18H22N10O3. The molecule has 1 unspecified atom stereocenters. The molecule has 3 aromatic rings. The lowest BCUT2D eigenvalue weighted by atomic mass is 9.95. The molecule has 0 aromatic carbocycles. The van der Waals surface area contributed by atoms with Gasteiger partial charge in [-0.05, 0) is 13.0 Å². The molecule has 0 bridgehead atoms. The first-order valence-electron chi connectivity index (χ1n) is 9.57. The van der Waals surface area contributed by atoms with E-state index in [4.69, 9.17) is 4.84 Å². The van der Waals surface area contributed by atoms with Crippen LogP contribution >= 0.6 is 0 Å². The van der Waals surface area contributed by atoms with Crippen molar-refractivity contribution < 1.29 is 14.4 Å². The summed E-state index contributed by atoms with van der Waals surface area (Å²) in [6.45, 7) is 2.62. The molecule has 2 amide bonds. The quantitative estimate of drug-likeness (QED) is 0.388. The molecule has 13 heteroatoms. The summed E-state index contributed by atoms with van der Waals surface area (Å²) in [6, 6.07) is 0. The summed E-state index contributed by atoms with van der Waals surface area (Å²) in [6.07, 6.45) is 7.74. The predicted molar refractivity (Wildman–Crippen MR) is 110 cm³/mol. The Labute approximate surface area is 176 Å². The lowest BCUT2D eigenvalue weighted by Gasteiger charge is -2.22. The number of hydrogen-bond donors (Lipinski definition) is 4. The summed E-state index contributed by atoms with van der Waals surface area (Å²) in [5, 5.41) is 17.8. The summed E-state index contributed by atoms with van der Waals surface area (Å²) in [4.78, 5) is 34.8. The number of aromatic nitrogens is 6. The average molecular weight is 426 g/mol. The average Bonchev–Trinajstić information content (AvgIpc) is 3.53. The molecule has 0 spiro atoms. The lowest BCUT2D eigenvalue weighted by molar-refractivity contribution is -0.148. The molecule has 4 N–H and O–H groups in total. The molecule has 0 fully saturated rings. The largest absolute Gasteiger partial charge is 0.359 e. The number of fused-ring (bicyclic) bond motifs is 1. The second-order valence-electron chi connectivity index (χ2n) is 6.81. The van der Waals surface area contributed by atoms with Crippen LogP contribution in [0.15, 0.2) is 31.1 Å². The van der Waals surface area contributed by atoms with E-state index in [1.165, 1.54) is 26.7 Å². The van der Waals surface area contributed by atoms with Crippen molar-refractivity contribution >= 4 is 34.2 Å². The van der Waals surface area contributed by atoms with Crippen LogP contribution in [0.2, 0.25) is 0 Å². The maximum absolute atomic E-state index is 12.6. The van der Waals surface area contributed by atoms with Crippen LogP contribution < -0.4 is 21.5 Å². The van der Waals surface area contributed by atoms with E-state index in [0.717, 1.165) is 5.39 Å². The zero-order chi connectivity index (χ0) is 22.0. The zero-order valence-corrected chi connectivity index (χ0v) is 17.2. The van der Waals surface area contributed by atoms with Gasteiger partial charge in [-0.25, -0.2) is 14.3 Å². The first-order chi connectivity index (χ1) is 15.0. The molecule has 0 saturated heterocycles. The highest BCUT2D eigenvalue weighted by molar-refractivity contribution is 5.99.